The molecule has 0 atom stereocenters. The largest absolute Gasteiger partial charge is 0.495 e. The van der Waals surface area contributed by atoms with Crippen LogP contribution in [0, 0.1) is 5.41 Å². The molecule has 106 valence electrons. The van der Waals surface area contributed by atoms with Gasteiger partial charge in [0, 0.05) is 23.0 Å². The Bertz CT molecular complexity index is 419. The highest BCUT2D eigenvalue weighted by molar-refractivity contribution is 9.10. The van der Waals surface area contributed by atoms with Gasteiger partial charge >= 0.3 is 0 Å². The normalized spacial score (nSPS) is 17.2. The van der Waals surface area contributed by atoms with E-state index in [0.29, 0.717) is 5.41 Å². The average Bonchev–Trinajstić information content (AvgIpc) is 2.35. The summed E-state index contributed by atoms with van der Waals surface area (Å²) >= 11 is 3.55. The summed E-state index contributed by atoms with van der Waals surface area (Å²) in [4.78, 5) is 2.45. The number of hydrogen-bond acceptors (Lipinski definition) is 2. The standard InChI is InChI=1S/C16H24BrNO/c1-4-8-16(9-5-2)11-18(12-16)14-10-13(17)6-7-15(14)19-3/h6-7,10H,4-5,8-9,11-12H2,1-3H3. The highest BCUT2D eigenvalue weighted by atomic mass is 79.9. The van der Waals surface area contributed by atoms with Crippen molar-refractivity contribution in [2.24, 2.45) is 5.41 Å². The van der Waals surface area contributed by atoms with E-state index in [1.807, 2.05) is 12.1 Å². The maximum absolute atomic E-state index is 5.48. The van der Waals surface area contributed by atoms with Gasteiger partial charge in [-0.3, -0.25) is 0 Å². The number of benzene rings is 1. The fraction of sp³-hybridized carbons (Fsp3) is 0.625. The second-order valence-electron chi connectivity index (χ2n) is 5.67. The van der Waals surface area contributed by atoms with Crippen molar-refractivity contribution in [1.82, 2.24) is 0 Å². The lowest BCUT2D eigenvalue weighted by atomic mass is 9.72. The second-order valence-corrected chi connectivity index (χ2v) is 6.59. The molecule has 1 saturated heterocycles. The third-order valence-electron chi connectivity index (χ3n) is 4.09. The topological polar surface area (TPSA) is 12.5 Å². The highest BCUT2D eigenvalue weighted by Gasteiger charge is 2.42. The van der Waals surface area contributed by atoms with E-state index in [-0.39, 0.29) is 0 Å². The van der Waals surface area contributed by atoms with Crippen LogP contribution in [0.4, 0.5) is 5.69 Å². The fourth-order valence-electron chi connectivity index (χ4n) is 3.35. The SMILES string of the molecule is CCCC1(CCC)CN(c2cc(Br)ccc2OC)C1. The molecule has 19 heavy (non-hydrogen) atoms. The molecule has 1 fully saturated rings. The summed E-state index contributed by atoms with van der Waals surface area (Å²) in [5.74, 6) is 0.977. The Morgan fingerprint density at radius 2 is 1.84 bits per heavy atom. The Labute approximate surface area is 125 Å². The first kappa shape index (κ1) is 14.7. The Hall–Kier alpha value is -0.700. The predicted octanol–water partition coefficient (Wildman–Crippen LogP) is 4.86. The lowest BCUT2D eigenvalue weighted by Gasteiger charge is -2.52. The van der Waals surface area contributed by atoms with Crippen molar-refractivity contribution < 1.29 is 4.74 Å². The number of hydrogen-bond donors (Lipinski definition) is 0. The maximum Gasteiger partial charge on any atom is 0.142 e. The zero-order valence-electron chi connectivity index (χ0n) is 12.2. The van der Waals surface area contributed by atoms with Crippen LogP contribution in [0.15, 0.2) is 22.7 Å². The third kappa shape index (κ3) is 3.07. The molecule has 1 aliphatic heterocycles. The number of rotatable bonds is 6. The summed E-state index contributed by atoms with van der Waals surface area (Å²) in [6.45, 7) is 6.92. The summed E-state index contributed by atoms with van der Waals surface area (Å²) in [7, 11) is 1.75. The van der Waals surface area contributed by atoms with E-state index in [2.05, 4.69) is 40.7 Å². The molecule has 0 aromatic heterocycles. The van der Waals surface area contributed by atoms with Crippen LogP contribution in [0.5, 0.6) is 5.75 Å². The lowest BCUT2D eigenvalue weighted by Crippen LogP contribution is -2.56. The van der Waals surface area contributed by atoms with Crippen molar-refractivity contribution in [2.75, 3.05) is 25.1 Å². The Morgan fingerprint density at radius 1 is 1.21 bits per heavy atom. The van der Waals surface area contributed by atoms with Crippen LogP contribution in [0.3, 0.4) is 0 Å². The van der Waals surface area contributed by atoms with Crippen LogP contribution < -0.4 is 9.64 Å². The molecule has 0 aliphatic carbocycles. The molecule has 2 nitrogen and oxygen atoms in total. The lowest BCUT2D eigenvalue weighted by molar-refractivity contribution is 0.172. The minimum absolute atomic E-state index is 0.539. The Balaban J connectivity index is 2.12. The third-order valence-corrected chi connectivity index (χ3v) is 4.59. The molecule has 0 N–H and O–H groups in total. The van der Waals surface area contributed by atoms with Gasteiger partial charge in [0.1, 0.15) is 5.75 Å². The maximum atomic E-state index is 5.48. The minimum Gasteiger partial charge on any atom is -0.495 e. The Morgan fingerprint density at radius 3 is 2.37 bits per heavy atom. The van der Waals surface area contributed by atoms with Gasteiger partial charge in [-0.05, 0) is 31.0 Å². The van der Waals surface area contributed by atoms with Gasteiger partial charge in [0.2, 0.25) is 0 Å². The number of halogens is 1. The molecule has 3 heteroatoms. The molecule has 0 radical (unpaired) electrons. The zero-order valence-corrected chi connectivity index (χ0v) is 13.8. The van der Waals surface area contributed by atoms with Gasteiger partial charge in [-0.2, -0.15) is 0 Å². The van der Waals surface area contributed by atoms with Crippen LogP contribution in [-0.4, -0.2) is 20.2 Å². The van der Waals surface area contributed by atoms with Gasteiger partial charge < -0.3 is 9.64 Å². The van der Waals surface area contributed by atoms with E-state index < -0.39 is 0 Å². The van der Waals surface area contributed by atoms with Crippen LogP contribution in [-0.2, 0) is 0 Å². The molecule has 0 bridgehead atoms. The number of nitrogens with zero attached hydrogens (tertiary/aromatic N) is 1. The van der Waals surface area contributed by atoms with Crippen molar-refractivity contribution in [3.8, 4) is 5.75 Å². The second kappa shape index (κ2) is 6.17. The van der Waals surface area contributed by atoms with Crippen molar-refractivity contribution >= 4 is 21.6 Å². The minimum atomic E-state index is 0.539. The number of anilines is 1. The summed E-state index contributed by atoms with van der Waals surface area (Å²) in [5.41, 5.74) is 1.76. The predicted molar refractivity (Wildman–Crippen MR) is 85.2 cm³/mol. The van der Waals surface area contributed by atoms with Crippen LogP contribution in [0.2, 0.25) is 0 Å². The molecule has 0 saturated carbocycles. The fourth-order valence-corrected chi connectivity index (χ4v) is 3.69. The summed E-state index contributed by atoms with van der Waals surface area (Å²) in [5, 5.41) is 0. The van der Waals surface area contributed by atoms with Crippen LogP contribution in [0.25, 0.3) is 0 Å². The van der Waals surface area contributed by atoms with E-state index in [1.54, 1.807) is 7.11 Å². The van der Waals surface area contributed by atoms with Gasteiger partial charge in [-0.1, -0.05) is 42.6 Å². The Kier molecular flexibility index (Phi) is 4.77. The van der Waals surface area contributed by atoms with E-state index in [1.165, 1.54) is 44.5 Å². The molecule has 1 aliphatic rings. The molecule has 1 aromatic rings. The summed E-state index contributed by atoms with van der Waals surface area (Å²) < 4.78 is 6.60. The molecule has 0 spiro atoms. The number of methoxy groups -OCH3 is 1. The first-order valence-corrected chi connectivity index (χ1v) is 8.02. The van der Waals surface area contributed by atoms with Gasteiger partial charge in [0.15, 0.2) is 0 Å². The zero-order chi connectivity index (χ0) is 13.9. The van der Waals surface area contributed by atoms with Crippen LogP contribution >= 0.6 is 15.9 Å². The first-order valence-electron chi connectivity index (χ1n) is 7.22. The van der Waals surface area contributed by atoms with E-state index in [9.17, 15) is 0 Å². The summed E-state index contributed by atoms with van der Waals surface area (Å²) in [6.07, 6.45) is 5.24. The molecular formula is C16H24BrNO. The van der Waals surface area contributed by atoms with Crippen molar-refractivity contribution in [2.45, 2.75) is 39.5 Å². The molecule has 1 aromatic carbocycles. The van der Waals surface area contributed by atoms with Gasteiger partial charge in [-0.25, -0.2) is 0 Å². The van der Waals surface area contributed by atoms with E-state index >= 15 is 0 Å². The van der Waals surface area contributed by atoms with Gasteiger partial charge in [0.05, 0.1) is 12.8 Å². The highest BCUT2D eigenvalue weighted by Crippen LogP contribution is 2.45. The summed E-state index contributed by atoms with van der Waals surface area (Å²) in [6, 6.07) is 6.24. The molecule has 2 rings (SSSR count). The van der Waals surface area contributed by atoms with Crippen LogP contribution in [0.1, 0.15) is 39.5 Å². The quantitative estimate of drug-likeness (QED) is 0.740. The molecule has 1 heterocycles. The first-order chi connectivity index (χ1) is 9.14. The monoisotopic (exact) mass is 325 g/mol. The van der Waals surface area contributed by atoms with Crippen molar-refractivity contribution in [1.29, 1.82) is 0 Å². The molecule has 0 amide bonds. The van der Waals surface area contributed by atoms with Crippen molar-refractivity contribution in [3.63, 3.8) is 0 Å². The number of ether oxygens (including phenoxy) is 1. The smallest absolute Gasteiger partial charge is 0.142 e. The van der Waals surface area contributed by atoms with Gasteiger partial charge in [-0.15, -0.1) is 0 Å². The molecular weight excluding hydrogens is 302 g/mol. The van der Waals surface area contributed by atoms with E-state index in [0.717, 1.165) is 10.2 Å². The van der Waals surface area contributed by atoms with Gasteiger partial charge in [0.25, 0.3) is 0 Å². The molecule has 0 unspecified atom stereocenters. The average molecular weight is 326 g/mol. The van der Waals surface area contributed by atoms with Crippen molar-refractivity contribution in [3.05, 3.63) is 22.7 Å². The van der Waals surface area contributed by atoms with E-state index in [4.69, 9.17) is 4.74 Å².